The van der Waals surface area contributed by atoms with Crippen LogP contribution >= 0.6 is 31.9 Å². The van der Waals surface area contributed by atoms with Crippen LogP contribution in [0.3, 0.4) is 0 Å². The van der Waals surface area contributed by atoms with Crippen molar-refractivity contribution in [1.82, 2.24) is 0 Å². The summed E-state index contributed by atoms with van der Waals surface area (Å²) in [6, 6.07) is 21.7. The Kier molecular flexibility index (Phi) is 4.17. The Bertz CT molecular complexity index is 1200. The summed E-state index contributed by atoms with van der Waals surface area (Å²) >= 11 is 7.90. The SMILES string of the molecule is O=C1C2C(C(=O)N1c1cccc([NH+]([O-])O)c1)C1(Br)c3ccccc3C2(Br)c2ccccc21. The molecule has 1 fully saturated rings. The van der Waals surface area contributed by atoms with Crippen LogP contribution in [0.1, 0.15) is 22.3 Å². The molecular weight excluding hydrogens is 540 g/mol. The van der Waals surface area contributed by atoms with Gasteiger partial charge in [-0.05, 0) is 28.3 Å². The Morgan fingerprint density at radius 2 is 1.22 bits per heavy atom. The minimum Gasteiger partial charge on any atom is -0.595 e. The first-order valence-corrected chi connectivity index (χ1v) is 11.7. The number of hydrogen-bond acceptors (Lipinski definition) is 4. The Balaban J connectivity index is 1.62. The molecule has 3 aromatic carbocycles. The average molecular weight is 556 g/mol. The van der Waals surface area contributed by atoms with Crippen molar-refractivity contribution in [3.63, 3.8) is 0 Å². The van der Waals surface area contributed by atoms with E-state index in [-0.39, 0.29) is 23.2 Å². The van der Waals surface area contributed by atoms with Gasteiger partial charge in [-0.15, -0.1) is 0 Å². The van der Waals surface area contributed by atoms with E-state index in [0.29, 0.717) is 0 Å². The number of imide groups is 1. The number of anilines is 1. The summed E-state index contributed by atoms with van der Waals surface area (Å²) in [5.41, 5.74) is 4.13. The molecule has 0 spiro atoms. The normalized spacial score (nSPS) is 30.7. The van der Waals surface area contributed by atoms with Gasteiger partial charge in [0, 0.05) is 12.1 Å². The molecule has 7 rings (SSSR count). The van der Waals surface area contributed by atoms with Gasteiger partial charge in [-0.1, -0.05) is 86.5 Å². The second-order valence-corrected chi connectivity index (χ2v) is 10.8. The third-order valence-corrected chi connectivity index (χ3v) is 9.63. The number of carbonyl (C=O) groups is 2. The van der Waals surface area contributed by atoms with Gasteiger partial charge in [0.25, 0.3) is 0 Å². The van der Waals surface area contributed by atoms with Crippen LogP contribution in [0.15, 0.2) is 72.8 Å². The van der Waals surface area contributed by atoms with E-state index in [2.05, 4.69) is 31.9 Å². The predicted molar refractivity (Wildman–Crippen MR) is 124 cm³/mol. The highest BCUT2D eigenvalue weighted by Crippen LogP contribution is 2.70. The fraction of sp³-hybridized carbons (Fsp3) is 0.167. The topological polar surface area (TPSA) is 85.1 Å². The largest absolute Gasteiger partial charge is 0.595 e. The van der Waals surface area contributed by atoms with Crippen LogP contribution in [0.2, 0.25) is 0 Å². The third kappa shape index (κ3) is 2.24. The highest BCUT2D eigenvalue weighted by molar-refractivity contribution is 9.10. The summed E-state index contributed by atoms with van der Waals surface area (Å²) in [5, 5.41) is 19.8. The van der Waals surface area contributed by atoms with Crippen LogP contribution < -0.4 is 10.1 Å². The van der Waals surface area contributed by atoms with Crippen LogP contribution in [0.25, 0.3) is 0 Å². The van der Waals surface area contributed by atoms with Crippen LogP contribution in [0.4, 0.5) is 11.4 Å². The summed E-state index contributed by atoms with van der Waals surface area (Å²) in [5.74, 6) is -2.06. The molecule has 32 heavy (non-hydrogen) atoms. The van der Waals surface area contributed by atoms with E-state index in [0.717, 1.165) is 27.2 Å². The molecule has 3 aromatic rings. The van der Waals surface area contributed by atoms with Crippen LogP contribution in [-0.2, 0) is 18.2 Å². The van der Waals surface area contributed by atoms with Crippen molar-refractivity contribution in [2.75, 3.05) is 4.90 Å². The van der Waals surface area contributed by atoms with Crippen LogP contribution in [0.5, 0.6) is 0 Å². The van der Waals surface area contributed by atoms with Gasteiger partial charge in [0.1, 0.15) is 0 Å². The molecule has 0 saturated carbocycles. The van der Waals surface area contributed by atoms with Gasteiger partial charge < -0.3 is 5.21 Å². The minimum absolute atomic E-state index is 0.0228. The molecule has 0 radical (unpaired) electrons. The van der Waals surface area contributed by atoms with Crippen molar-refractivity contribution >= 4 is 55.0 Å². The Morgan fingerprint density at radius 1 is 0.781 bits per heavy atom. The Labute approximate surface area is 200 Å². The molecule has 0 aromatic heterocycles. The number of hydrogen-bond donors (Lipinski definition) is 2. The second-order valence-electron chi connectivity index (χ2n) is 8.34. The number of carbonyl (C=O) groups excluding carboxylic acids is 2. The summed E-state index contributed by atoms with van der Waals surface area (Å²) in [4.78, 5) is 28.9. The van der Waals surface area contributed by atoms with Gasteiger partial charge >= 0.3 is 0 Å². The zero-order valence-electron chi connectivity index (χ0n) is 16.5. The van der Waals surface area contributed by atoms with E-state index in [1.165, 1.54) is 12.1 Å². The number of nitrogens with zero attached hydrogens (tertiary/aromatic N) is 1. The lowest BCUT2D eigenvalue weighted by Gasteiger charge is -2.55. The number of benzene rings is 3. The first-order chi connectivity index (χ1) is 15.3. The molecule has 3 aliphatic carbocycles. The molecule has 4 aliphatic rings. The fourth-order valence-corrected chi connectivity index (χ4v) is 8.00. The smallest absolute Gasteiger partial charge is 0.239 e. The quantitative estimate of drug-likeness (QED) is 0.288. The van der Waals surface area contributed by atoms with Gasteiger partial charge in [-0.3, -0.25) is 9.59 Å². The number of quaternary nitrogens is 1. The minimum atomic E-state index is -1.11. The number of amides is 2. The fourth-order valence-electron chi connectivity index (χ4n) is 5.70. The lowest BCUT2D eigenvalue weighted by atomic mass is 9.54. The van der Waals surface area contributed by atoms with E-state index in [4.69, 9.17) is 0 Å². The van der Waals surface area contributed by atoms with E-state index >= 15 is 0 Å². The third-order valence-electron chi connectivity index (χ3n) is 6.94. The van der Waals surface area contributed by atoms with Gasteiger partial charge in [0.15, 0.2) is 5.69 Å². The molecule has 2 amide bonds. The molecular formula is C24H16Br2N2O4. The van der Waals surface area contributed by atoms with E-state index in [1.54, 1.807) is 12.1 Å². The molecule has 1 aliphatic heterocycles. The average Bonchev–Trinajstić information content (AvgIpc) is 3.08. The molecule has 3 unspecified atom stereocenters. The van der Waals surface area contributed by atoms with Crippen molar-refractivity contribution in [2.24, 2.45) is 11.8 Å². The molecule has 6 nitrogen and oxygen atoms in total. The molecule has 3 atom stereocenters. The zero-order chi connectivity index (χ0) is 22.4. The van der Waals surface area contributed by atoms with Crippen LogP contribution in [0, 0.1) is 17.0 Å². The van der Waals surface area contributed by atoms with Crippen molar-refractivity contribution < 1.29 is 20.0 Å². The number of rotatable bonds is 2. The maximum Gasteiger partial charge on any atom is 0.239 e. The van der Waals surface area contributed by atoms with Gasteiger partial charge in [-0.2, -0.15) is 5.23 Å². The van der Waals surface area contributed by atoms with Crippen molar-refractivity contribution in [2.45, 2.75) is 8.65 Å². The second kappa shape index (κ2) is 6.59. The summed E-state index contributed by atoms with van der Waals surface area (Å²) in [7, 11) is 0. The highest BCUT2D eigenvalue weighted by Gasteiger charge is 2.72. The van der Waals surface area contributed by atoms with Crippen molar-refractivity contribution in [3.05, 3.63) is 100 Å². The number of nitrogens with one attached hydrogen (secondary N) is 1. The summed E-state index contributed by atoms with van der Waals surface area (Å²) < 4.78 is -1.74. The Morgan fingerprint density at radius 3 is 1.62 bits per heavy atom. The van der Waals surface area contributed by atoms with Crippen molar-refractivity contribution in [1.29, 1.82) is 0 Å². The maximum absolute atomic E-state index is 13.9. The zero-order valence-corrected chi connectivity index (χ0v) is 19.6. The lowest BCUT2D eigenvalue weighted by molar-refractivity contribution is -0.991. The first-order valence-electron chi connectivity index (χ1n) is 10.1. The summed E-state index contributed by atoms with van der Waals surface area (Å²) in [6.07, 6.45) is 0. The van der Waals surface area contributed by atoms with Crippen molar-refractivity contribution in [3.8, 4) is 0 Å². The number of halogens is 2. The molecule has 160 valence electrons. The van der Waals surface area contributed by atoms with Crippen LogP contribution in [-0.4, -0.2) is 17.0 Å². The molecule has 8 heteroatoms. The van der Waals surface area contributed by atoms with Gasteiger partial charge in [0.2, 0.25) is 11.8 Å². The number of alkyl halides is 2. The van der Waals surface area contributed by atoms with E-state index in [9.17, 15) is 20.0 Å². The highest BCUT2D eigenvalue weighted by atomic mass is 79.9. The van der Waals surface area contributed by atoms with E-state index in [1.807, 2.05) is 48.5 Å². The van der Waals surface area contributed by atoms with Gasteiger partial charge in [-0.25, -0.2) is 10.1 Å². The monoisotopic (exact) mass is 554 g/mol. The van der Waals surface area contributed by atoms with E-state index < -0.39 is 25.7 Å². The van der Waals surface area contributed by atoms with Gasteiger partial charge in [0.05, 0.1) is 26.2 Å². The lowest BCUT2D eigenvalue weighted by Crippen LogP contribution is -2.99. The molecule has 2 bridgehead atoms. The maximum atomic E-state index is 13.9. The first kappa shape index (κ1) is 20.3. The standard InChI is InChI=1S/C24H16Br2N2O4/c25-23-15-8-1-2-9-16(15)24(26,18-11-4-3-10-17(18)23)20-19(23)21(29)27(22(20)30)13-6-5-7-14(12-13)28(31)32/h1-12,19-20,28,31H. The molecule has 1 heterocycles. The predicted octanol–water partition coefficient (Wildman–Crippen LogP) is 3.50. The summed E-state index contributed by atoms with van der Waals surface area (Å²) in [6.45, 7) is 0. The Hall–Kier alpha value is -2.36. The molecule has 2 N–H and O–H groups in total. The molecule has 1 saturated heterocycles.